The topological polar surface area (TPSA) is 45.1 Å². The first kappa shape index (κ1) is 16.1. The van der Waals surface area contributed by atoms with Gasteiger partial charge in [-0.1, -0.05) is 12.1 Å². The average Bonchev–Trinajstić information content (AvgIpc) is 3.24. The van der Waals surface area contributed by atoms with E-state index in [9.17, 15) is 4.39 Å². The normalized spacial score (nSPS) is 18.6. The summed E-state index contributed by atoms with van der Waals surface area (Å²) >= 11 is 0. The lowest BCUT2D eigenvalue weighted by Gasteiger charge is -2.32. The number of likely N-dealkylation sites (tertiary alicyclic amines) is 1. The summed E-state index contributed by atoms with van der Waals surface area (Å²) in [6.45, 7) is 4.82. The molecule has 1 atom stereocenters. The van der Waals surface area contributed by atoms with Gasteiger partial charge in [-0.3, -0.25) is 10.00 Å². The van der Waals surface area contributed by atoms with E-state index in [1.807, 2.05) is 25.1 Å². The smallest absolute Gasteiger partial charge is 0.123 e. The van der Waals surface area contributed by atoms with E-state index in [1.165, 1.54) is 6.07 Å². The average molecular weight is 339 g/mol. The molecule has 1 N–H and O–H groups in total. The standard InChI is InChI=1S/C20H22FN3O/c1-14-7-8-18(25-14)13-24-9-3-5-16(12-24)20-19(11-22-23-20)15-4-2-6-17(21)10-15/h2,4,6-8,10-11,16H,3,5,9,12-13H2,1H3,(H,22,23)/t16-/m1/s1. The number of aryl methyl sites for hydroxylation is 1. The third-order valence-electron chi connectivity index (χ3n) is 4.89. The molecule has 1 aromatic carbocycles. The second kappa shape index (κ2) is 6.84. The molecule has 1 aliphatic heterocycles. The molecule has 1 fully saturated rings. The van der Waals surface area contributed by atoms with Gasteiger partial charge in [-0.15, -0.1) is 0 Å². The summed E-state index contributed by atoms with van der Waals surface area (Å²) in [5, 5.41) is 7.39. The zero-order valence-corrected chi connectivity index (χ0v) is 14.3. The summed E-state index contributed by atoms with van der Waals surface area (Å²) in [6, 6.07) is 10.8. The number of rotatable bonds is 4. The molecule has 0 saturated carbocycles. The summed E-state index contributed by atoms with van der Waals surface area (Å²) in [6.07, 6.45) is 4.04. The minimum absolute atomic E-state index is 0.219. The van der Waals surface area contributed by atoms with E-state index in [2.05, 4.69) is 15.1 Å². The zero-order chi connectivity index (χ0) is 17.2. The molecule has 0 radical (unpaired) electrons. The largest absolute Gasteiger partial charge is 0.465 e. The Morgan fingerprint density at radius 1 is 1.32 bits per heavy atom. The Hall–Kier alpha value is -2.40. The molecule has 25 heavy (non-hydrogen) atoms. The van der Waals surface area contributed by atoms with Crippen molar-refractivity contribution in [3.8, 4) is 11.1 Å². The summed E-state index contributed by atoms with van der Waals surface area (Å²) in [7, 11) is 0. The van der Waals surface area contributed by atoms with Gasteiger partial charge in [-0.25, -0.2) is 4.39 Å². The molecule has 1 aliphatic rings. The number of halogens is 1. The molecule has 0 aliphatic carbocycles. The van der Waals surface area contributed by atoms with Crippen molar-refractivity contribution in [3.63, 3.8) is 0 Å². The van der Waals surface area contributed by atoms with Crippen LogP contribution in [0.5, 0.6) is 0 Å². The van der Waals surface area contributed by atoms with Gasteiger partial charge in [0.25, 0.3) is 0 Å². The van der Waals surface area contributed by atoms with Crippen molar-refractivity contribution in [1.29, 1.82) is 0 Å². The highest BCUT2D eigenvalue weighted by atomic mass is 19.1. The van der Waals surface area contributed by atoms with Crippen LogP contribution in [-0.4, -0.2) is 28.2 Å². The van der Waals surface area contributed by atoms with Crippen LogP contribution in [0.4, 0.5) is 4.39 Å². The molecule has 4 rings (SSSR count). The maximum absolute atomic E-state index is 13.6. The fraction of sp³-hybridized carbons (Fsp3) is 0.350. The molecule has 0 bridgehead atoms. The van der Waals surface area contributed by atoms with Crippen molar-refractivity contribution in [1.82, 2.24) is 15.1 Å². The van der Waals surface area contributed by atoms with Gasteiger partial charge in [0, 0.05) is 23.7 Å². The van der Waals surface area contributed by atoms with Crippen LogP contribution in [0.1, 0.15) is 36.0 Å². The molecule has 1 saturated heterocycles. The van der Waals surface area contributed by atoms with Crippen LogP contribution in [0.15, 0.2) is 47.0 Å². The fourth-order valence-corrected chi connectivity index (χ4v) is 3.72. The zero-order valence-electron chi connectivity index (χ0n) is 14.3. The molecule has 2 aromatic heterocycles. The van der Waals surface area contributed by atoms with Gasteiger partial charge < -0.3 is 4.42 Å². The second-order valence-corrected chi connectivity index (χ2v) is 6.79. The van der Waals surface area contributed by atoms with Crippen LogP contribution in [-0.2, 0) is 6.54 Å². The number of H-pyrrole nitrogens is 1. The highest BCUT2D eigenvalue weighted by Crippen LogP contribution is 2.33. The fourth-order valence-electron chi connectivity index (χ4n) is 3.72. The Morgan fingerprint density at radius 2 is 2.24 bits per heavy atom. The van der Waals surface area contributed by atoms with Gasteiger partial charge in [-0.2, -0.15) is 5.10 Å². The molecular formula is C20H22FN3O. The Balaban J connectivity index is 1.53. The van der Waals surface area contributed by atoms with Crippen molar-refractivity contribution in [2.45, 2.75) is 32.2 Å². The van der Waals surface area contributed by atoms with E-state index in [4.69, 9.17) is 4.42 Å². The van der Waals surface area contributed by atoms with Crippen LogP contribution in [0.2, 0.25) is 0 Å². The molecule has 3 aromatic rings. The maximum Gasteiger partial charge on any atom is 0.123 e. The maximum atomic E-state index is 13.6. The van der Waals surface area contributed by atoms with Gasteiger partial charge >= 0.3 is 0 Å². The molecule has 130 valence electrons. The predicted octanol–water partition coefficient (Wildman–Crippen LogP) is 4.50. The third-order valence-corrected chi connectivity index (χ3v) is 4.89. The van der Waals surface area contributed by atoms with Crippen molar-refractivity contribution >= 4 is 0 Å². The highest BCUT2D eigenvalue weighted by Gasteiger charge is 2.25. The molecule has 4 nitrogen and oxygen atoms in total. The van der Waals surface area contributed by atoms with Gasteiger partial charge in [0.2, 0.25) is 0 Å². The third kappa shape index (κ3) is 3.51. The number of aromatic amines is 1. The quantitative estimate of drug-likeness (QED) is 0.761. The number of nitrogens with zero attached hydrogens (tertiary/aromatic N) is 2. The number of benzene rings is 1. The van der Waals surface area contributed by atoms with E-state index < -0.39 is 0 Å². The number of aromatic nitrogens is 2. The van der Waals surface area contributed by atoms with Crippen molar-refractivity contribution < 1.29 is 8.81 Å². The Kier molecular flexibility index (Phi) is 4.40. The van der Waals surface area contributed by atoms with Crippen LogP contribution in [0.3, 0.4) is 0 Å². The molecular weight excluding hydrogens is 317 g/mol. The Morgan fingerprint density at radius 3 is 3.04 bits per heavy atom. The summed E-state index contributed by atoms with van der Waals surface area (Å²) in [5.74, 6) is 2.10. The first-order valence-corrected chi connectivity index (χ1v) is 8.76. The minimum Gasteiger partial charge on any atom is -0.465 e. The van der Waals surface area contributed by atoms with E-state index in [1.54, 1.807) is 18.3 Å². The van der Waals surface area contributed by atoms with Gasteiger partial charge in [0.15, 0.2) is 0 Å². The molecule has 0 unspecified atom stereocenters. The number of hydrogen-bond acceptors (Lipinski definition) is 3. The van der Waals surface area contributed by atoms with E-state index in [-0.39, 0.29) is 5.82 Å². The van der Waals surface area contributed by atoms with Crippen molar-refractivity contribution in [2.24, 2.45) is 0 Å². The lowest BCUT2D eigenvalue weighted by atomic mass is 9.90. The first-order chi connectivity index (χ1) is 12.2. The molecule has 0 spiro atoms. The van der Waals surface area contributed by atoms with Crippen LogP contribution >= 0.6 is 0 Å². The van der Waals surface area contributed by atoms with Crippen LogP contribution in [0.25, 0.3) is 11.1 Å². The summed E-state index contributed by atoms with van der Waals surface area (Å²) in [5.41, 5.74) is 2.98. The Bertz CT molecular complexity index is 854. The molecule has 0 amide bonds. The predicted molar refractivity (Wildman–Crippen MR) is 94.7 cm³/mol. The van der Waals surface area contributed by atoms with Gasteiger partial charge in [-0.05, 0) is 56.1 Å². The van der Waals surface area contributed by atoms with Crippen molar-refractivity contribution in [2.75, 3.05) is 13.1 Å². The van der Waals surface area contributed by atoms with Crippen molar-refractivity contribution in [3.05, 3.63) is 65.6 Å². The van der Waals surface area contributed by atoms with Gasteiger partial charge in [0.1, 0.15) is 17.3 Å². The lowest BCUT2D eigenvalue weighted by Crippen LogP contribution is -2.34. The van der Waals surface area contributed by atoms with E-state index in [0.717, 1.165) is 60.8 Å². The van der Waals surface area contributed by atoms with Gasteiger partial charge in [0.05, 0.1) is 12.7 Å². The summed E-state index contributed by atoms with van der Waals surface area (Å²) in [4.78, 5) is 2.42. The highest BCUT2D eigenvalue weighted by molar-refractivity contribution is 5.65. The first-order valence-electron chi connectivity index (χ1n) is 8.76. The summed E-state index contributed by atoms with van der Waals surface area (Å²) < 4.78 is 19.3. The van der Waals surface area contributed by atoms with Crippen LogP contribution in [0, 0.1) is 12.7 Å². The van der Waals surface area contributed by atoms with E-state index in [0.29, 0.717) is 5.92 Å². The molecule has 5 heteroatoms. The number of furan rings is 1. The number of hydrogen-bond donors (Lipinski definition) is 1. The number of piperidine rings is 1. The van der Waals surface area contributed by atoms with E-state index >= 15 is 0 Å². The SMILES string of the molecule is Cc1ccc(CN2CCC[C@@H](c3[nH]ncc3-c3cccc(F)c3)C2)o1. The Labute approximate surface area is 146 Å². The lowest BCUT2D eigenvalue weighted by molar-refractivity contribution is 0.184. The minimum atomic E-state index is -0.219. The van der Waals surface area contributed by atoms with Crippen LogP contribution < -0.4 is 0 Å². The monoisotopic (exact) mass is 339 g/mol. The second-order valence-electron chi connectivity index (χ2n) is 6.79. The molecule has 3 heterocycles. The number of nitrogens with one attached hydrogen (secondary N) is 1.